The van der Waals surface area contributed by atoms with Gasteiger partial charge in [-0.1, -0.05) is 17.3 Å². The number of quaternary nitrogens is 1. The Balaban J connectivity index is 1.49. The molecule has 2 saturated heterocycles. The lowest BCUT2D eigenvalue weighted by atomic mass is 9.78. The largest absolute Gasteiger partial charge is 0.599 e. The van der Waals surface area contributed by atoms with E-state index in [2.05, 4.69) is 10.3 Å². The molecule has 1 aromatic heterocycles. The number of hydrogen-bond acceptors (Lipinski definition) is 6. The summed E-state index contributed by atoms with van der Waals surface area (Å²) in [5.74, 6) is -0.455. The van der Waals surface area contributed by atoms with Gasteiger partial charge in [-0.15, -0.1) is 5.10 Å². The Bertz CT molecular complexity index is 832. The quantitative estimate of drug-likeness (QED) is 0.606. The molecule has 2 aliphatic heterocycles. The molecule has 3 heterocycles. The van der Waals surface area contributed by atoms with E-state index in [0.29, 0.717) is 24.0 Å². The third-order valence-corrected chi connectivity index (χ3v) is 5.86. The Labute approximate surface area is 163 Å². The number of rotatable bonds is 4. The number of halogens is 1. The summed E-state index contributed by atoms with van der Waals surface area (Å²) in [6.07, 6.45) is 3.43. The highest BCUT2D eigenvalue weighted by atomic mass is 19.1. The van der Waals surface area contributed by atoms with Crippen LogP contribution in [-0.4, -0.2) is 39.4 Å². The molecule has 1 aromatic carbocycles. The van der Waals surface area contributed by atoms with E-state index in [1.165, 1.54) is 6.07 Å². The Hall–Kier alpha value is -1.85. The van der Waals surface area contributed by atoms with Crippen molar-refractivity contribution in [2.75, 3.05) is 0 Å². The van der Waals surface area contributed by atoms with Crippen LogP contribution in [-0.2, 0) is 20.7 Å². The molecular formula is C18H24BFN4O4. The van der Waals surface area contributed by atoms with E-state index < -0.39 is 30.2 Å². The number of aromatic nitrogens is 3. The number of nitrogens with zero attached hydrogens (tertiary/aromatic N) is 3. The zero-order valence-corrected chi connectivity index (χ0v) is 16.4. The van der Waals surface area contributed by atoms with Crippen LogP contribution in [0, 0.1) is 11.0 Å². The summed E-state index contributed by atoms with van der Waals surface area (Å²) >= 11 is 0. The maximum absolute atomic E-state index is 14.9. The molecule has 2 aliphatic rings. The second kappa shape index (κ2) is 6.89. The first-order valence-corrected chi connectivity index (χ1v) is 9.36. The molecule has 0 aliphatic carbocycles. The van der Waals surface area contributed by atoms with E-state index in [1.54, 1.807) is 29.2 Å². The first kappa shape index (κ1) is 19.5. The Morgan fingerprint density at radius 2 is 2.00 bits per heavy atom. The van der Waals surface area contributed by atoms with E-state index in [0.717, 1.165) is 0 Å². The van der Waals surface area contributed by atoms with Crippen molar-refractivity contribution in [1.29, 1.82) is 0 Å². The van der Waals surface area contributed by atoms with Crippen molar-refractivity contribution in [3.8, 4) is 0 Å². The van der Waals surface area contributed by atoms with Crippen LogP contribution >= 0.6 is 0 Å². The minimum absolute atomic E-state index is 0.315. The third-order valence-electron chi connectivity index (χ3n) is 5.86. The molecule has 3 atom stereocenters. The first-order chi connectivity index (χ1) is 13.2. The molecule has 0 saturated carbocycles. The average Bonchev–Trinajstić information content (AvgIpc) is 3.27. The van der Waals surface area contributed by atoms with Gasteiger partial charge in [-0.25, -0.2) is 14.3 Å². The van der Waals surface area contributed by atoms with E-state index in [9.17, 15) is 9.60 Å². The molecule has 2 unspecified atom stereocenters. The van der Waals surface area contributed by atoms with Crippen molar-refractivity contribution in [2.45, 2.75) is 64.0 Å². The monoisotopic (exact) mass is 390 g/mol. The summed E-state index contributed by atoms with van der Waals surface area (Å²) in [6, 6.07) is 4.25. The standard InChI is InChI=1S/C18H24BFN4O4/c1-17(2)18(3,4)28-19(27-17)14-6-5-12(9-15(14)20)16-10-13(26-24(16)25)11-23-8-7-21-22-23/h5-9,13,16,24H,10-11H2,1-4H3/t13-,16?/m1/s1. The zero-order chi connectivity index (χ0) is 20.1. The van der Waals surface area contributed by atoms with Crippen LogP contribution in [0.4, 0.5) is 4.39 Å². The van der Waals surface area contributed by atoms with Gasteiger partial charge >= 0.3 is 7.12 Å². The van der Waals surface area contributed by atoms with E-state index in [-0.39, 0.29) is 11.3 Å². The molecule has 0 amide bonds. The van der Waals surface area contributed by atoms with Crippen molar-refractivity contribution < 1.29 is 23.8 Å². The van der Waals surface area contributed by atoms with Gasteiger partial charge in [0, 0.05) is 23.6 Å². The predicted octanol–water partition coefficient (Wildman–Crippen LogP) is 0.544. The highest BCUT2D eigenvalue weighted by Crippen LogP contribution is 2.36. The fourth-order valence-electron chi connectivity index (χ4n) is 3.50. The maximum atomic E-state index is 14.9. The molecule has 150 valence electrons. The summed E-state index contributed by atoms with van der Waals surface area (Å²) in [4.78, 5) is 5.43. The molecule has 10 heteroatoms. The molecule has 0 bridgehead atoms. The second-order valence-corrected chi connectivity index (χ2v) is 8.34. The number of benzene rings is 1. The van der Waals surface area contributed by atoms with Gasteiger partial charge < -0.3 is 14.5 Å². The first-order valence-electron chi connectivity index (χ1n) is 9.36. The fourth-order valence-corrected chi connectivity index (χ4v) is 3.50. The van der Waals surface area contributed by atoms with E-state index in [1.807, 2.05) is 27.7 Å². The van der Waals surface area contributed by atoms with E-state index in [4.69, 9.17) is 14.1 Å². The minimum atomic E-state index is -0.783. The van der Waals surface area contributed by atoms with Crippen molar-refractivity contribution in [3.05, 3.63) is 47.2 Å². The van der Waals surface area contributed by atoms with Gasteiger partial charge in [0.15, 0.2) is 0 Å². The van der Waals surface area contributed by atoms with Crippen LogP contribution in [0.1, 0.15) is 45.7 Å². The summed E-state index contributed by atoms with van der Waals surface area (Å²) in [6.45, 7) is 8.11. The molecular weight excluding hydrogens is 366 g/mol. The van der Waals surface area contributed by atoms with Gasteiger partial charge in [0.05, 0.1) is 23.9 Å². The molecule has 4 rings (SSSR count). The second-order valence-electron chi connectivity index (χ2n) is 8.34. The SMILES string of the molecule is CC1(C)OB(c2ccc(C3C[C@H](Cn4ccnn4)O[NH+]3[O-])cc2F)OC1(C)C. The maximum Gasteiger partial charge on any atom is 0.497 e. The Morgan fingerprint density at radius 3 is 2.61 bits per heavy atom. The molecule has 28 heavy (non-hydrogen) atoms. The smallest absolute Gasteiger partial charge is 0.497 e. The van der Waals surface area contributed by atoms with Crippen LogP contribution in [0.3, 0.4) is 0 Å². The number of hydroxylamine groups is 2. The highest BCUT2D eigenvalue weighted by Gasteiger charge is 2.52. The van der Waals surface area contributed by atoms with Crippen molar-refractivity contribution in [1.82, 2.24) is 15.0 Å². The van der Waals surface area contributed by atoms with Crippen LogP contribution in [0.2, 0.25) is 0 Å². The lowest BCUT2D eigenvalue weighted by molar-refractivity contribution is -1.06. The van der Waals surface area contributed by atoms with Gasteiger partial charge in [-0.2, -0.15) is 4.84 Å². The molecule has 0 spiro atoms. The number of hydrogen-bond donors (Lipinski definition) is 1. The van der Waals surface area contributed by atoms with Crippen molar-refractivity contribution in [2.24, 2.45) is 0 Å². The third kappa shape index (κ3) is 3.46. The molecule has 0 radical (unpaired) electrons. The molecule has 2 fully saturated rings. The van der Waals surface area contributed by atoms with Gasteiger partial charge in [-0.05, 0) is 33.8 Å². The number of nitrogens with one attached hydrogen (secondary N) is 1. The average molecular weight is 390 g/mol. The molecule has 8 nitrogen and oxygen atoms in total. The molecule has 1 N–H and O–H groups in total. The van der Waals surface area contributed by atoms with Crippen LogP contribution in [0.15, 0.2) is 30.6 Å². The van der Waals surface area contributed by atoms with Gasteiger partial charge in [-0.3, -0.25) is 0 Å². The topological polar surface area (TPSA) is 85.9 Å². The van der Waals surface area contributed by atoms with Gasteiger partial charge in [0.1, 0.15) is 18.0 Å². The minimum Gasteiger partial charge on any atom is -0.599 e. The summed E-state index contributed by atoms with van der Waals surface area (Å²) in [5.41, 5.74) is -0.184. The van der Waals surface area contributed by atoms with Crippen LogP contribution in [0.5, 0.6) is 0 Å². The summed E-state index contributed by atoms with van der Waals surface area (Å²) in [7, 11) is -0.783. The summed E-state index contributed by atoms with van der Waals surface area (Å²) < 4.78 is 28.3. The van der Waals surface area contributed by atoms with Crippen molar-refractivity contribution >= 4 is 12.6 Å². The van der Waals surface area contributed by atoms with Gasteiger partial charge in [0.25, 0.3) is 0 Å². The lowest BCUT2D eigenvalue weighted by Crippen LogP contribution is -3.04. The van der Waals surface area contributed by atoms with Gasteiger partial charge in [0.2, 0.25) is 0 Å². The summed E-state index contributed by atoms with van der Waals surface area (Å²) in [5, 5.41) is 19.6. The fraction of sp³-hybridized carbons (Fsp3) is 0.556. The van der Waals surface area contributed by atoms with Crippen LogP contribution in [0.25, 0.3) is 0 Å². The Morgan fingerprint density at radius 1 is 1.29 bits per heavy atom. The van der Waals surface area contributed by atoms with E-state index >= 15 is 0 Å². The van der Waals surface area contributed by atoms with Crippen LogP contribution < -0.4 is 10.7 Å². The molecule has 2 aromatic rings. The zero-order valence-electron chi connectivity index (χ0n) is 16.4. The normalized spacial score (nSPS) is 28.8. The Kier molecular flexibility index (Phi) is 4.79. The predicted molar refractivity (Wildman–Crippen MR) is 98.7 cm³/mol. The van der Waals surface area contributed by atoms with Crippen molar-refractivity contribution in [3.63, 3.8) is 0 Å². The lowest BCUT2D eigenvalue weighted by Gasteiger charge is -2.32. The highest BCUT2D eigenvalue weighted by molar-refractivity contribution is 6.62.